The van der Waals surface area contributed by atoms with Crippen molar-refractivity contribution in [3.63, 3.8) is 0 Å². The van der Waals surface area contributed by atoms with E-state index < -0.39 is 0 Å². The summed E-state index contributed by atoms with van der Waals surface area (Å²) in [5, 5.41) is 11.9. The molecule has 0 saturated heterocycles. The zero-order valence-electron chi connectivity index (χ0n) is 11.0. The van der Waals surface area contributed by atoms with Gasteiger partial charge in [-0.3, -0.25) is 9.78 Å². The van der Waals surface area contributed by atoms with Crippen molar-refractivity contribution in [3.8, 4) is 6.07 Å². The highest BCUT2D eigenvalue weighted by Gasteiger charge is 2.15. The van der Waals surface area contributed by atoms with Gasteiger partial charge in [-0.15, -0.1) is 0 Å². The Morgan fingerprint density at radius 2 is 2.39 bits per heavy atom. The molecule has 0 saturated carbocycles. The van der Waals surface area contributed by atoms with Crippen LogP contribution in [0.2, 0.25) is 0 Å². The smallest absolute Gasteiger partial charge is 0.272 e. The predicted molar refractivity (Wildman–Crippen MR) is 70.1 cm³/mol. The molecule has 0 aliphatic heterocycles. The van der Waals surface area contributed by atoms with Gasteiger partial charge in [0.1, 0.15) is 5.69 Å². The molecule has 0 aliphatic rings. The molecule has 18 heavy (non-hydrogen) atoms. The van der Waals surface area contributed by atoms with E-state index in [2.05, 4.69) is 16.4 Å². The third-order valence-electron chi connectivity index (χ3n) is 2.47. The molecule has 1 aromatic rings. The van der Waals surface area contributed by atoms with Gasteiger partial charge >= 0.3 is 0 Å². The molecule has 0 spiro atoms. The number of carbonyl (C=O) groups excluding carboxylic acids is 1. The standard InChI is InChI=1S/C13H18N4O/c1-4-15-11-5-6-16-12(7-11)13(18)17(3)9-10(2)8-14/h5-7,10H,4,9H2,1-3H3,(H,15,16). The first kappa shape index (κ1) is 14.0. The molecule has 5 nitrogen and oxygen atoms in total. The van der Waals surface area contributed by atoms with Crippen LogP contribution >= 0.6 is 0 Å². The summed E-state index contributed by atoms with van der Waals surface area (Å²) in [6, 6.07) is 5.65. The third kappa shape index (κ3) is 3.74. The maximum absolute atomic E-state index is 12.1. The van der Waals surface area contributed by atoms with Crippen molar-refractivity contribution in [2.75, 3.05) is 25.5 Å². The van der Waals surface area contributed by atoms with Gasteiger partial charge in [0.25, 0.3) is 5.91 Å². The minimum absolute atomic E-state index is 0.170. The number of nitriles is 1. The van der Waals surface area contributed by atoms with Crippen LogP contribution < -0.4 is 5.32 Å². The van der Waals surface area contributed by atoms with E-state index in [1.54, 1.807) is 26.2 Å². The average Bonchev–Trinajstić information content (AvgIpc) is 2.38. The number of rotatable bonds is 5. The molecule has 5 heteroatoms. The number of carbonyl (C=O) groups is 1. The Bertz CT molecular complexity index is 453. The summed E-state index contributed by atoms with van der Waals surface area (Å²) >= 11 is 0. The molecule has 1 atom stereocenters. The highest BCUT2D eigenvalue weighted by atomic mass is 16.2. The Hall–Kier alpha value is -2.09. The van der Waals surface area contributed by atoms with Crippen LogP contribution in [0.5, 0.6) is 0 Å². The van der Waals surface area contributed by atoms with Crippen LogP contribution in [0.25, 0.3) is 0 Å². The minimum atomic E-state index is -0.184. The lowest BCUT2D eigenvalue weighted by molar-refractivity contribution is 0.0779. The summed E-state index contributed by atoms with van der Waals surface area (Å²) in [6.07, 6.45) is 1.60. The summed E-state index contributed by atoms with van der Waals surface area (Å²) in [5.74, 6) is -0.354. The molecule has 0 radical (unpaired) electrons. The Labute approximate surface area is 107 Å². The van der Waals surface area contributed by atoms with Crippen LogP contribution in [-0.4, -0.2) is 35.9 Å². The van der Waals surface area contributed by atoms with Gasteiger partial charge in [-0.1, -0.05) is 0 Å². The Kier molecular flexibility index (Phi) is 5.12. The van der Waals surface area contributed by atoms with Gasteiger partial charge < -0.3 is 10.2 Å². The van der Waals surface area contributed by atoms with Crippen LogP contribution in [0, 0.1) is 17.2 Å². The Morgan fingerprint density at radius 1 is 1.67 bits per heavy atom. The van der Waals surface area contributed by atoms with Gasteiger partial charge in [-0.2, -0.15) is 5.26 Å². The lowest BCUT2D eigenvalue weighted by Gasteiger charge is -2.18. The number of nitrogens with zero attached hydrogens (tertiary/aromatic N) is 3. The largest absolute Gasteiger partial charge is 0.385 e. The number of nitrogens with one attached hydrogen (secondary N) is 1. The van der Waals surface area contributed by atoms with E-state index in [0.29, 0.717) is 12.2 Å². The summed E-state index contributed by atoms with van der Waals surface area (Å²) in [7, 11) is 1.68. The van der Waals surface area contributed by atoms with E-state index in [1.165, 1.54) is 4.90 Å². The molecule has 1 N–H and O–H groups in total. The highest BCUT2D eigenvalue weighted by Crippen LogP contribution is 2.10. The van der Waals surface area contributed by atoms with Gasteiger partial charge in [-0.05, 0) is 26.0 Å². The van der Waals surface area contributed by atoms with Crippen molar-refractivity contribution in [3.05, 3.63) is 24.0 Å². The van der Waals surface area contributed by atoms with Crippen LogP contribution in [0.4, 0.5) is 5.69 Å². The monoisotopic (exact) mass is 246 g/mol. The van der Waals surface area contributed by atoms with Gasteiger partial charge in [0, 0.05) is 32.0 Å². The Morgan fingerprint density at radius 3 is 3.00 bits per heavy atom. The highest BCUT2D eigenvalue weighted by molar-refractivity contribution is 5.93. The fourth-order valence-electron chi connectivity index (χ4n) is 1.59. The summed E-state index contributed by atoms with van der Waals surface area (Å²) in [6.45, 7) is 4.97. The molecule has 1 heterocycles. The quantitative estimate of drug-likeness (QED) is 0.859. The van der Waals surface area contributed by atoms with E-state index in [-0.39, 0.29) is 11.8 Å². The maximum atomic E-state index is 12.1. The first-order chi connectivity index (χ1) is 8.58. The molecule has 1 rings (SSSR count). The van der Waals surface area contributed by atoms with Crippen LogP contribution in [0.1, 0.15) is 24.3 Å². The first-order valence-electron chi connectivity index (χ1n) is 5.93. The molecule has 0 aliphatic carbocycles. The summed E-state index contributed by atoms with van der Waals surface area (Å²) in [4.78, 5) is 17.7. The second kappa shape index (κ2) is 6.60. The molecular weight excluding hydrogens is 228 g/mol. The molecule has 0 bridgehead atoms. The zero-order valence-corrected chi connectivity index (χ0v) is 11.0. The summed E-state index contributed by atoms with van der Waals surface area (Å²) in [5.41, 5.74) is 1.26. The lowest BCUT2D eigenvalue weighted by atomic mass is 10.2. The second-order valence-corrected chi connectivity index (χ2v) is 4.18. The number of pyridine rings is 1. The van der Waals surface area contributed by atoms with Gasteiger partial charge in [0.05, 0.1) is 12.0 Å². The molecule has 1 unspecified atom stereocenters. The SMILES string of the molecule is CCNc1ccnc(C(=O)N(C)CC(C)C#N)c1. The number of amides is 1. The van der Waals surface area contributed by atoms with Gasteiger partial charge in [0.15, 0.2) is 0 Å². The predicted octanol–water partition coefficient (Wildman–Crippen LogP) is 1.75. The van der Waals surface area contributed by atoms with Crippen molar-refractivity contribution in [2.45, 2.75) is 13.8 Å². The summed E-state index contributed by atoms with van der Waals surface area (Å²) < 4.78 is 0. The van der Waals surface area contributed by atoms with E-state index >= 15 is 0 Å². The van der Waals surface area contributed by atoms with Crippen molar-refractivity contribution in [1.82, 2.24) is 9.88 Å². The molecule has 0 aromatic carbocycles. The molecule has 96 valence electrons. The number of anilines is 1. The van der Waals surface area contributed by atoms with E-state index in [0.717, 1.165) is 12.2 Å². The normalized spacial score (nSPS) is 11.4. The first-order valence-corrected chi connectivity index (χ1v) is 5.93. The van der Waals surface area contributed by atoms with Crippen LogP contribution in [0.15, 0.2) is 18.3 Å². The van der Waals surface area contributed by atoms with Crippen molar-refractivity contribution in [1.29, 1.82) is 5.26 Å². The number of hydrogen-bond acceptors (Lipinski definition) is 4. The van der Waals surface area contributed by atoms with E-state index in [1.807, 2.05) is 13.0 Å². The van der Waals surface area contributed by atoms with Gasteiger partial charge in [-0.25, -0.2) is 0 Å². The van der Waals surface area contributed by atoms with E-state index in [4.69, 9.17) is 5.26 Å². The maximum Gasteiger partial charge on any atom is 0.272 e. The third-order valence-corrected chi connectivity index (χ3v) is 2.47. The molecular formula is C13H18N4O. The van der Waals surface area contributed by atoms with E-state index in [9.17, 15) is 4.79 Å². The van der Waals surface area contributed by atoms with Crippen LogP contribution in [0.3, 0.4) is 0 Å². The van der Waals surface area contributed by atoms with Crippen molar-refractivity contribution in [2.24, 2.45) is 5.92 Å². The fraction of sp³-hybridized carbons (Fsp3) is 0.462. The molecule has 0 fully saturated rings. The van der Waals surface area contributed by atoms with Gasteiger partial charge in [0.2, 0.25) is 0 Å². The number of aromatic nitrogens is 1. The minimum Gasteiger partial charge on any atom is -0.385 e. The zero-order chi connectivity index (χ0) is 13.5. The average molecular weight is 246 g/mol. The van der Waals surface area contributed by atoms with Crippen LogP contribution in [-0.2, 0) is 0 Å². The second-order valence-electron chi connectivity index (χ2n) is 4.18. The number of hydrogen-bond donors (Lipinski definition) is 1. The van der Waals surface area contributed by atoms with Crippen molar-refractivity contribution < 1.29 is 4.79 Å². The fourth-order valence-corrected chi connectivity index (χ4v) is 1.59. The Balaban J connectivity index is 2.77. The van der Waals surface area contributed by atoms with Crippen molar-refractivity contribution >= 4 is 11.6 Å². The lowest BCUT2D eigenvalue weighted by Crippen LogP contribution is -2.31. The molecule has 1 aromatic heterocycles. The topological polar surface area (TPSA) is 69.0 Å². The molecule has 1 amide bonds.